The maximum atomic E-state index is 14.5. The van der Waals surface area contributed by atoms with Gasteiger partial charge in [0.1, 0.15) is 5.69 Å². The van der Waals surface area contributed by atoms with Crippen LogP contribution < -0.4 is 4.90 Å². The maximum absolute atomic E-state index is 14.5. The van der Waals surface area contributed by atoms with E-state index >= 15 is 0 Å². The zero-order valence-corrected chi connectivity index (χ0v) is 19.9. The van der Waals surface area contributed by atoms with Crippen molar-refractivity contribution in [1.82, 2.24) is 29.6 Å². The largest absolute Gasteiger partial charge is 0.341 e. The van der Waals surface area contributed by atoms with Gasteiger partial charge in [-0.3, -0.25) is 9.48 Å². The minimum atomic E-state index is -0.472. The number of hydrogen-bond acceptors (Lipinski definition) is 7. The number of amides is 1. The van der Waals surface area contributed by atoms with Crippen molar-refractivity contribution >= 4 is 23.2 Å². The first kappa shape index (κ1) is 22.3. The molecule has 0 bridgehead atoms. The van der Waals surface area contributed by atoms with Crippen molar-refractivity contribution in [2.45, 2.75) is 40.2 Å². The summed E-state index contributed by atoms with van der Waals surface area (Å²) >= 11 is 1.64. The molecule has 8 nitrogen and oxygen atoms in total. The number of nitrogens with zero attached hydrogens (tertiary/aromatic N) is 7. The summed E-state index contributed by atoms with van der Waals surface area (Å²) in [4.78, 5) is 31.1. The molecule has 1 fully saturated rings. The smallest absolute Gasteiger partial charge is 0.226 e. The number of carbonyl (C=O) groups is 1. The van der Waals surface area contributed by atoms with Crippen LogP contribution in [0.4, 0.5) is 10.3 Å². The highest BCUT2D eigenvalue weighted by atomic mass is 32.1. The van der Waals surface area contributed by atoms with Crippen LogP contribution in [0.1, 0.15) is 34.0 Å². The van der Waals surface area contributed by atoms with Crippen LogP contribution >= 0.6 is 11.3 Å². The molecule has 32 heavy (non-hydrogen) atoms. The topological polar surface area (TPSA) is 80.0 Å². The minimum Gasteiger partial charge on any atom is -0.341 e. The second kappa shape index (κ2) is 8.93. The molecule has 1 aliphatic rings. The summed E-state index contributed by atoms with van der Waals surface area (Å²) in [6.07, 6.45) is 4.34. The summed E-state index contributed by atoms with van der Waals surface area (Å²) in [7, 11) is 3.63. The Bertz CT molecular complexity index is 1110. The van der Waals surface area contributed by atoms with E-state index in [1.165, 1.54) is 6.20 Å². The van der Waals surface area contributed by atoms with E-state index in [9.17, 15) is 9.18 Å². The van der Waals surface area contributed by atoms with E-state index < -0.39 is 5.82 Å². The van der Waals surface area contributed by atoms with Crippen LogP contribution in [0.3, 0.4) is 0 Å². The molecule has 3 aromatic rings. The van der Waals surface area contributed by atoms with Gasteiger partial charge in [0.15, 0.2) is 5.82 Å². The Balaban J connectivity index is 1.42. The molecule has 0 atom stereocenters. The van der Waals surface area contributed by atoms with Crippen molar-refractivity contribution in [2.24, 2.45) is 13.0 Å². The Morgan fingerprint density at radius 2 is 1.94 bits per heavy atom. The second-order valence-electron chi connectivity index (χ2n) is 8.36. The summed E-state index contributed by atoms with van der Waals surface area (Å²) in [5.74, 6) is 0.129. The number of anilines is 1. The molecule has 0 N–H and O–H groups in total. The molecule has 0 aromatic carbocycles. The van der Waals surface area contributed by atoms with Gasteiger partial charge in [-0.25, -0.2) is 19.3 Å². The molecule has 1 amide bonds. The van der Waals surface area contributed by atoms with E-state index in [1.54, 1.807) is 34.2 Å². The molecule has 0 radical (unpaired) electrons. The van der Waals surface area contributed by atoms with E-state index in [1.807, 2.05) is 32.7 Å². The fourth-order valence-electron chi connectivity index (χ4n) is 4.22. The minimum absolute atomic E-state index is 0.0372. The van der Waals surface area contributed by atoms with Crippen LogP contribution in [0.2, 0.25) is 0 Å². The van der Waals surface area contributed by atoms with Gasteiger partial charge in [-0.2, -0.15) is 5.10 Å². The fourth-order valence-corrected chi connectivity index (χ4v) is 5.21. The van der Waals surface area contributed by atoms with Crippen molar-refractivity contribution in [3.63, 3.8) is 0 Å². The normalized spacial score (nSPS) is 14.8. The predicted molar refractivity (Wildman–Crippen MR) is 122 cm³/mol. The van der Waals surface area contributed by atoms with Gasteiger partial charge in [0.05, 0.1) is 35.3 Å². The van der Waals surface area contributed by atoms with Gasteiger partial charge in [-0.1, -0.05) is 0 Å². The van der Waals surface area contributed by atoms with Crippen molar-refractivity contribution < 1.29 is 9.18 Å². The summed E-state index contributed by atoms with van der Waals surface area (Å²) in [5.41, 5.74) is 2.75. The molecule has 4 rings (SSSR count). The summed E-state index contributed by atoms with van der Waals surface area (Å²) in [5, 5.41) is 5.21. The summed E-state index contributed by atoms with van der Waals surface area (Å²) < 4.78 is 16.1. The van der Waals surface area contributed by atoms with Crippen molar-refractivity contribution in [3.05, 3.63) is 39.4 Å². The molecular formula is C22H28FN7OS. The Labute approximate surface area is 191 Å². The van der Waals surface area contributed by atoms with Gasteiger partial charge >= 0.3 is 0 Å². The lowest BCUT2D eigenvalue weighted by Gasteiger charge is -2.33. The monoisotopic (exact) mass is 457 g/mol. The first-order chi connectivity index (χ1) is 15.2. The lowest BCUT2D eigenvalue weighted by molar-refractivity contribution is -0.135. The van der Waals surface area contributed by atoms with E-state index in [0.29, 0.717) is 44.1 Å². The molecule has 3 aromatic heterocycles. The number of rotatable bonds is 5. The molecule has 0 spiro atoms. The number of hydrogen-bond donors (Lipinski definition) is 0. The van der Waals surface area contributed by atoms with Gasteiger partial charge in [0.25, 0.3) is 0 Å². The van der Waals surface area contributed by atoms with Crippen molar-refractivity contribution in [1.29, 1.82) is 0 Å². The molecule has 170 valence electrons. The van der Waals surface area contributed by atoms with E-state index in [2.05, 4.69) is 20.1 Å². The van der Waals surface area contributed by atoms with E-state index in [-0.39, 0.29) is 17.5 Å². The van der Waals surface area contributed by atoms with E-state index in [4.69, 9.17) is 0 Å². The summed E-state index contributed by atoms with van der Waals surface area (Å²) in [6, 6.07) is 0. The number of carbonyl (C=O) groups excluding carboxylic acids is 1. The lowest BCUT2D eigenvalue weighted by atomic mass is 9.95. The predicted octanol–water partition coefficient (Wildman–Crippen LogP) is 3.27. The molecule has 10 heteroatoms. The van der Waals surface area contributed by atoms with Gasteiger partial charge in [-0.05, 0) is 39.2 Å². The third kappa shape index (κ3) is 4.36. The fraction of sp³-hybridized carbons (Fsp3) is 0.500. The Hall–Kier alpha value is -2.88. The third-order valence-electron chi connectivity index (χ3n) is 5.96. The first-order valence-electron chi connectivity index (χ1n) is 10.7. The summed E-state index contributed by atoms with van der Waals surface area (Å²) in [6.45, 7) is 7.74. The quantitative estimate of drug-likeness (QED) is 0.585. The number of aryl methyl sites for hydroxylation is 4. The van der Waals surface area contributed by atoms with Crippen LogP contribution in [-0.4, -0.2) is 55.7 Å². The van der Waals surface area contributed by atoms with E-state index in [0.717, 1.165) is 21.1 Å². The second-order valence-corrected chi connectivity index (χ2v) is 9.65. The highest BCUT2D eigenvalue weighted by molar-refractivity contribution is 7.11. The van der Waals surface area contributed by atoms with Crippen molar-refractivity contribution in [2.75, 3.05) is 25.0 Å². The molecule has 0 unspecified atom stereocenters. The van der Waals surface area contributed by atoms with Crippen molar-refractivity contribution in [3.8, 4) is 11.4 Å². The average Bonchev–Trinajstić information content (AvgIpc) is 3.27. The molecule has 4 heterocycles. The Morgan fingerprint density at radius 1 is 1.22 bits per heavy atom. The number of thiazole rings is 1. The number of halogens is 1. The van der Waals surface area contributed by atoms with Crippen LogP contribution in [0.15, 0.2) is 12.4 Å². The third-order valence-corrected chi connectivity index (χ3v) is 7.02. The molecule has 0 aliphatic carbocycles. The van der Waals surface area contributed by atoms with Gasteiger partial charge < -0.3 is 9.80 Å². The highest BCUT2D eigenvalue weighted by Gasteiger charge is 2.29. The molecule has 1 saturated heterocycles. The first-order valence-corrected chi connectivity index (χ1v) is 11.5. The highest BCUT2D eigenvalue weighted by Crippen LogP contribution is 2.28. The van der Waals surface area contributed by atoms with Crippen LogP contribution in [0, 0.1) is 32.5 Å². The molecular weight excluding hydrogens is 429 g/mol. The maximum Gasteiger partial charge on any atom is 0.226 e. The number of piperidine rings is 1. The van der Waals surface area contributed by atoms with Crippen LogP contribution in [0.25, 0.3) is 11.4 Å². The zero-order chi connectivity index (χ0) is 23.0. The van der Waals surface area contributed by atoms with Gasteiger partial charge in [0, 0.05) is 38.0 Å². The Kier molecular flexibility index (Phi) is 6.23. The number of aromatic nitrogens is 5. The Morgan fingerprint density at radius 3 is 2.53 bits per heavy atom. The molecule has 0 saturated carbocycles. The van der Waals surface area contributed by atoms with Gasteiger partial charge in [-0.15, -0.1) is 11.3 Å². The SMILES string of the molecule is Cc1nc(C)c(CN(C)C(=O)C2CCN(c3ncc(F)c(-c4c(C)cnn4C)n3)CC2)s1. The van der Waals surface area contributed by atoms with Crippen LogP contribution in [-0.2, 0) is 18.4 Å². The molecule has 1 aliphatic heterocycles. The average molecular weight is 458 g/mol. The zero-order valence-electron chi connectivity index (χ0n) is 19.1. The van der Waals surface area contributed by atoms with Gasteiger partial charge in [0.2, 0.25) is 11.9 Å². The van der Waals surface area contributed by atoms with Crippen LogP contribution in [0.5, 0.6) is 0 Å². The lowest BCUT2D eigenvalue weighted by Crippen LogP contribution is -2.41. The standard InChI is InChI=1S/C22H28FN7OS/c1-13-10-25-29(5)20(13)19-17(23)11-24-22(27-19)30-8-6-16(7-9-30)21(31)28(4)12-18-14(2)26-15(3)32-18/h10-11,16H,6-9,12H2,1-5H3.